The molecule has 1 aromatic carbocycles. The first-order valence-corrected chi connectivity index (χ1v) is 6.72. The quantitative estimate of drug-likeness (QED) is 0.771. The van der Waals surface area contributed by atoms with Crippen LogP contribution in [0, 0.1) is 0 Å². The first-order valence-electron chi connectivity index (χ1n) is 6.72. The number of rotatable bonds is 7. The van der Waals surface area contributed by atoms with Crippen LogP contribution in [0.4, 0.5) is 5.69 Å². The molecule has 0 aliphatic heterocycles. The van der Waals surface area contributed by atoms with Gasteiger partial charge in [-0.25, -0.2) is 0 Å². The molecule has 0 amide bonds. The van der Waals surface area contributed by atoms with E-state index < -0.39 is 0 Å². The standard InChI is InChI=1S/C16H21N3/c1-19(16-6-3-2-4-7-16)13-5-10-18-14-15-8-11-17-12-9-15/h2-4,6-9,11-12,18H,5,10,13-14H2,1H3. The van der Waals surface area contributed by atoms with E-state index in [1.54, 1.807) is 0 Å². The van der Waals surface area contributed by atoms with Crippen LogP contribution in [0.25, 0.3) is 0 Å². The SMILES string of the molecule is CN(CCCNCc1ccncc1)c1ccccc1. The largest absolute Gasteiger partial charge is 0.375 e. The Morgan fingerprint density at radius 1 is 1.05 bits per heavy atom. The molecule has 2 aromatic rings. The van der Waals surface area contributed by atoms with Gasteiger partial charge in [0, 0.05) is 38.2 Å². The van der Waals surface area contributed by atoms with Crippen molar-refractivity contribution in [3.05, 3.63) is 60.4 Å². The normalized spacial score (nSPS) is 10.4. The van der Waals surface area contributed by atoms with Crippen LogP contribution in [0.3, 0.4) is 0 Å². The third kappa shape index (κ3) is 4.72. The highest BCUT2D eigenvalue weighted by atomic mass is 15.1. The van der Waals surface area contributed by atoms with Gasteiger partial charge in [0.2, 0.25) is 0 Å². The van der Waals surface area contributed by atoms with Crippen molar-refractivity contribution < 1.29 is 0 Å². The molecule has 0 bridgehead atoms. The Hall–Kier alpha value is -1.87. The Morgan fingerprint density at radius 2 is 1.79 bits per heavy atom. The Labute approximate surface area is 115 Å². The molecule has 0 unspecified atom stereocenters. The van der Waals surface area contributed by atoms with Gasteiger partial charge in [0.15, 0.2) is 0 Å². The Bertz CT molecular complexity index is 456. The monoisotopic (exact) mass is 255 g/mol. The maximum Gasteiger partial charge on any atom is 0.0363 e. The van der Waals surface area contributed by atoms with Crippen LogP contribution in [-0.2, 0) is 6.54 Å². The molecule has 0 saturated heterocycles. The van der Waals surface area contributed by atoms with Gasteiger partial charge < -0.3 is 10.2 Å². The molecule has 0 saturated carbocycles. The molecule has 0 atom stereocenters. The number of para-hydroxylation sites is 1. The zero-order chi connectivity index (χ0) is 13.3. The van der Waals surface area contributed by atoms with E-state index in [1.807, 2.05) is 30.6 Å². The first kappa shape index (κ1) is 13.6. The number of nitrogens with zero attached hydrogens (tertiary/aromatic N) is 2. The molecule has 1 N–H and O–H groups in total. The van der Waals surface area contributed by atoms with Crippen LogP contribution < -0.4 is 10.2 Å². The molecule has 0 spiro atoms. The van der Waals surface area contributed by atoms with Crippen LogP contribution in [-0.4, -0.2) is 25.1 Å². The fourth-order valence-corrected chi connectivity index (χ4v) is 1.99. The number of anilines is 1. The minimum Gasteiger partial charge on any atom is -0.375 e. The fourth-order valence-electron chi connectivity index (χ4n) is 1.99. The lowest BCUT2D eigenvalue weighted by Crippen LogP contribution is -2.23. The molecule has 2 rings (SSSR count). The van der Waals surface area contributed by atoms with Crippen LogP contribution in [0.1, 0.15) is 12.0 Å². The molecule has 19 heavy (non-hydrogen) atoms. The summed E-state index contributed by atoms with van der Waals surface area (Å²) in [5.41, 5.74) is 2.56. The topological polar surface area (TPSA) is 28.2 Å². The van der Waals surface area contributed by atoms with Gasteiger partial charge in [-0.3, -0.25) is 4.98 Å². The molecule has 0 aliphatic rings. The van der Waals surface area contributed by atoms with E-state index in [4.69, 9.17) is 0 Å². The second-order valence-electron chi connectivity index (χ2n) is 4.64. The van der Waals surface area contributed by atoms with Gasteiger partial charge in [0.1, 0.15) is 0 Å². The summed E-state index contributed by atoms with van der Waals surface area (Å²) in [6.07, 6.45) is 4.80. The van der Waals surface area contributed by atoms with Crippen molar-refractivity contribution in [1.82, 2.24) is 10.3 Å². The molecular weight excluding hydrogens is 234 g/mol. The lowest BCUT2D eigenvalue weighted by atomic mass is 10.2. The predicted molar refractivity (Wildman–Crippen MR) is 80.3 cm³/mol. The number of nitrogens with one attached hydrogen (secondary N) is 1. The van der Waals surface area contributed by atoms with Crippen molar-refractivity contribution in [2.24, 2.45) is 0 Å². The number of benzene rings is 1. The molecule has 1 aromatic heterocycles. The van der Waals surface area contributed by atoms with Gasteiger partial charge >= 0.3 is 0 Å². The summed E-state index contributed by atoms with van der Waals surface area (Å²) in [5, 5.41) is 3.45. The van der Waals surface area contributed by atoms with Gasteiger partial charge in [-0.15, -0.1) is 0 Å². The lowest BCUT2D eigenvalue weighted by molar-refractivity contribution is 0.645. The summed E-state index contributed by atoms with van der Waals surface area (Å²) in [6.45, 7) is 3.00. The zero-order valence-corrected chi connectivity index (χ0v) is 11.4. The van der Waals surface area contributed by atoms with Crippen molar-refractivity contribution >= 4 is 5.69 Å². The molecule has 100 valence electrons. The van der Waals surface area contributed by atoms with E-state index in [1.165, 1.54) is 11.3 Å². The average Bonchev–Trinajstić information content (AvgIpc) is 2.49. The average molecular weight is 255 g/mol. The Kier molecular flexibility index (Phi) is 5.38. The minimum absolute atomic E-state index is 0.914. The van der Waals surface area contributed by atoms with Gasteiger partial charge in [-0.2, -0.15) is 0 Å². The Balaban J connectivity index is 1.62. The highest BCUT2D eigenvalue weighted by Crippen LogP contribution is 2.10. The van der Waals surface area contributed by atoms with Gasteiger partial charge in [0.05, 0.1) is 0 Å². The smallest absolute Gasteiger partial charge is 0.0363 e. The van der Waals surface area contributed by atoms with Gasteiger partial charge in [-0.1, -0.05) is 18.2 Å². The maximum atomic E-state index is 4.01. The van der Waals surface area contributed by atoms with Gasteiger partial charge in [-0.05, 0) is 42.8 Å². The van der Waals surface area contributed by atoms with E-state index in [2.05, 4.69) is 46.5 Å². The summed E-state index contributed by atoms with van der Waals surface area (Å²) in [5.74, 6) is 0. The third-order valence-corrected chi connectivity index (χ3v) is 3.12. The summed E-state index contributed by atoms with van der Waals surface area (Å²) in [4.78, 5) is 6.30. The third-order valence-electron chi connectivity index (χ3n) is 3.12. The second-order valence-corrected chi connectivity index (χ2v) is 4.64. The summed E-state index contributed by atoms with van der Waals surface area (Å²) < 4.78 is 0. The molecule has 0 radical (unpaired) electrons. The molecular formula is C16H21N3. The number of aromatic nitrogens is 1. The summed E-state index contributed by atoms with van der Waals surface area (Å²) >= 11 is 0. The molecule has 3 nitrogen and oxygen atoms in total. The second kappa shape index (κ2) is 7.54. The number of hydrogen-bond acceptors (Lipinski definition) is 3. The van der Waals surface area contributed by atoms with Crippen molar-refractivity contribution in [2.45, 2.75) is 13.0 Å². The minimum atomic E-state index is 0.914. The first-order chi connectivity index (χ1) is 9.36. The Morgan fingerprint density at radius 3 is 2.53 bits per heavy atom. The van der Waals surface area contributed by atoms with Crippen molar-refractivity contribution in [3.8, 4) is 0 Å². The van der Waals surface area contributed by atoms with Gasteiger partial charge in [0.25, 0.3) is 0 Å². The van der Waals surface area contributed by atoms with E-state index in [0.717, 1.165) is 26.1 Å². The predicted octanol–water partition coefficient (Wildman–Crippen LogP) is 2.70. The van der Waals surface area contributed by atoms with E-state index >= 15 is 0 Å². The maximum absolute atomic E-state index is 4.01. The van der Waals surface area contributed by atoms with Crippen LogP contribution in [0.5, 0.6) is 0 Å². The van der Waals surface area contributed by atoms with E-state index in [-0.39, 0.29) is 0 Å². The van der Waals surface area contributed by atoms with Crippen LogP contribution >= 0.6 is 0 Å². The number of pyridine rings is 1. The zero-order valence-electron chi connectivity index (χ0n) is 11.4. The summed E-state index contributed by atoms with van der Waals surface area (Å²) in [6, 6.07) is 14.6. The van der Waals surface area contributed by atoms with Crippen LogP contribution in [0.15, 0.2) is 54.9 Å². The van der Waals surface area contributed by atoms with Crippen molar-refractivity contribution in [3.63, 3.8) is 0 Å². The molecule has 0 fully saturated rings. The number of hydrogen-bond donors (Lipinski definition) is 1. The van der Waals surface area contributed by atoms with E-state index in [9.17, 15) is 0 Å². The molecule has 1 heterocycles. The highest BCUT2D eigenvalue weighted by molar-refractivity contribution is 5.44. The molecule has 0 aliphatic carbocycles. The lowest BCUT2D eigenvalue weighted by Gasteiger charge is -2.19. The van der Waals surface area contributed by atoms with Crippen molar-refractivity contribution in [2.75, 3.05) is 25.0 Å². The van der Waals surface area contributed by atoms with E-state index in [0.29, 0.717) is 0 Å². The van der Waals surface area contributed by atoms with Crippen LogP contribution in [0.2, 0.25) is 0 Å². The van der Waals surface area contributed by atoms with Crippen molar-refractivity contribution in [1.29, 1.82) is 0 Å². The fraction of sp³-hybridized carbons (Fsp3) is 0.312. The summed E-state index contributed by atoms with van der Waals surface area (Å²) in [7, 11) is 2.14. The highest BCUT2D eigenvalue weighted by Gasteiger charge is 1.98. The molecule has 3 heteroatoms.